The van der Waals surface area contributed by atoms with Gasteiger partial charge in [-0.05, 0) is 51.0 Å². The van der Waals surface area contributed by atoms with Crippen molar-refractivity contribution >= 4 is 11.6 Å². The molecule has 116 valence electrons. The molecule has 0 heterocycles. The smallest absolute Gasteiger partial charge is 0.227 e. The Hall–Kier alpha value is -1.39. The number of anilines is 1. The number of rotatable bonds is 5. The summed E-state index contributed by atoms with van der Waals surface area (Å²) in [5, 5.41) is 3.13. The molecular formula is C17H27N3O. The predicted octanol–water partition coefficient (Wildman–Crippen LogP) is 2.45. The normalized spacial score (nSPS) is 22.3. The van der Waals surface area contributed by atoms with E-state index in [0.717, 1.165) is 37.1 Å². The zero-order valence-electron chi connectivity index (χ0n) is 13.1. The van der Waals surface area contributed by atoms with Gasteiger partial charge in [-0.3, -0.25) is 4.79 Å². The van der Waals surface area contributed by atoms with Gasteiger partial charge in [0.2, 0.25) is 5.91 Å². The third kappa shape index (κ3) is 4.29. The van der Waals surface area contributed by atoms with Crippen molar-refractivity contribution in [1.82, 2.24) is 4.90 Å². The molecule has 21 heavy (non-hydrogen) atoms. The predicted molar refractivity (Wildman–Crippen MR) is 87.0 cm³/mol. The second-order valence-electron chi connectivity index (χ2n) is 6.27. The monoisotopic (exact) mass is 289 g/mol. The first-order valence-corrected chi connectivity index (χ1v) is 7.85. The van der Waals surface area contributed by atoms with Crippen molar-refractivity contribution in [3.63, 3.8) is 0 Å². The third-order valence-corrected chi connectivity index (χ3v) is 4.31. The van der Waals surface area contributed by atoms with E-state index in [4.69, 9.17) is 5.73 Å². The summed E-state index contributed by atoms with van der Waals surface area (Å²) < 4.78 is 0. The second-order valence-corrected chi connectivity index (χ2v) is 6.27. The van der Waals surface area contributed by atoms with Crippen LogP contribution in [-0.2, 0) is 11.3 Å². The Bertz CT molecular complexity index is 473. The molecule has 4 nitrogen and oxygen atoms in total. The molecule has 0 radical (unpaired) electrons. The largest absolute Gasteiger partial charge is 0.330 e. The van der Waals surface area contributed by atoms with Crippen molar-refractivity contribution in [2.45, 2.75) is 32.2 Å². The van der Waals surface area contributed by atoms with Crippen LogP contribution < -0.4 is 11.1 Å². The molecule has 0 aliphatic heterocycles. The third-order valence-electron chi connectivity index (χ3n) is 4.31. The topological polar surface area (TPSA) is 58.4 Å². The lowest BCUT2D eigenvalue weighted by atomic mass is 9.78. The maximum Gasteiger partial charge on any atom is 0.227 e. The number of para-hydroxylation sites is 1. The van der Waals surface area contributed by atoms with Crippen LogP contribution in [0.15, 0.2) is 24.3 Å². The van der Waals surface area contributed by atoms with Crippen LogP contribution in [0.4, 0.5) is 5.69 Å². The minimum absolute atomic E-state index is 0.0659. The van der Waals surface area contributed by atoms with E-state index in [1.54, 1.807) is 0 Å². The molecule has 1 aromatic carbocycles. The van der Waals surface area contributed by atoms with Crippen molar-refractivity contribution in [3.05, 3.63) is 29.8 Å². The molecule has 0 saturated heterocycles. The van der Waals surface area contributed by atoms with Crippen LogP contribution in [0.1, 0.15) is 31.2 Å². The molecule has 1 aromatic rings. The molecule has 2 atom stereocenters. The fourth-order valence-electron chi connectivity index (χ4n) is 3.18. The molecule has 2 rings (SSSR count). The van der Waals surface area contributed by atoms with Crippen molar-refractivity contribution < 1.29 is 4.79 Å². The second kappa shape index (κ2) is 7.57. The lowest BCUT2D eigenvalue weighted by Crippen LogP contribution is -2.35. The Kier molecular flexibility index (Phi) is 5.76. The quantitative estimate of drug-likeness (QED) is 0.875. The summed E-state index contributed by atoms with van der Waals surface area (Å²) in [4.78, 5) is 14.7. The molecule has 2 unspecified atom stereocenters. The summed E-state index contributed by atoms with van der Waals surface area (Å²) >= 11 is 0. The van der Waals surface area contributed by atoms with Gasteiger partial charge < -0.3 is 16.0 Å². The highest BCUT2D eigenvalue weighted by atomic mass is 16.1. The molecule has 1 amide bonds. The maximum atomic E-state index is 12.6. The molecule has 4 heteroatoms. The number of nitrogens with two attached hydrogens (primary N) is 1. The van der Waals surface area contributed by atoms with Gasteiger partial charge in [0.05, 0.1) is 0 Å². The van der Waals surface area contributed by atoms with Crippen molar-refractivity contribution in [2.24, 2.45) is 17.6 Å². The number of nitrogens with zero attached hydrogens (tertiary/aromatic N) is 1. The standard InChI is InChI=1S/C17H27N3O/c1-20(2)12-14-8-4-6-10-16(14)19-17(21)15-9-5-3-7-13(15)11-18/h4,6,8,10,13,15H,3,5,7,9,11-12,18H2,1-2H3,(H,19,21). The van der Waals surface area contributed by atoms with Crippen LogP contribution in [0.25, 0.3) is 0 Å². The van der Waals surface area contributed by atoms with Gasteiger partial charge >= 0.3 is 0 Å². The number of hydrogen-bond acceptors (Lipinski definition) is 3. The molecule has 0 spiro atoms. The van der Waals surface area contributed by atoms with Gasteiger partial charge in [0.1, 0.15) is 0 Å². The van der Waals surface area contributed by atoms with Gasteiger partial charge in [-0.25, -0.2) is 0 Å². The average Bonchev–Trinajstić information content (AvgIpc) is 2.48. The van der Waals surface area contributed by atoms with Gasteiger partial charge in [0, 0.05) is 18.2 Å². The average molecular weight is 289 g/mol. The number of amides is 1. The van der Waals surface area contributed by atoms with Crippen LogP contribution >= 0.6 is 0 Å². The first-order valence-electron chi connectivity index (χ1n) is 7.85. The van der Waals surface area contributed by atoms with Crippen LogP contribution in [-0.4, -0.2) is 31.4 Å². The maximum absolute atomic E-state index is 12.6. The Morgan fingerprint density at radius 1 is 1.29 bits per heavy atom. The summed E-state index contributed by atoms with van der Waals surface area (Å²) in [7, 11) is 4.06. The highest BCUT2D eigenvalue weighted by Gasteiger charge is 2.30. The first-order chi connectivity index (χ1) is 10.1. The van der Waals surface area contributed by atoms with E-state index >= 15 is 0 Å². The summed E-state index contributed by atoms with van der Waals surface area (Å²) in [6, 6.07) is 8.03. The summed E-state index contributed by atoms with van der Waals surface area (Å²) in [6.45, 7) is 1.43. The van der Waals surface area contributed by atoms with Gasteiger partial charge in [-0.2, -0.15) is 0 Å². The molecule has 0 aromatic heterocycles. The Morgan fingerprint density at radius 2 is 2.00 bits per heavy atom. The molecule has 0 bridgehead atoms. The summed E-state index contributed by atoms with van der Waals surface area (Å²) in [5.74, 6) is 0.535. The number of carbonyl (C=O) groups excluding carboxylic acids is 1. The zero-order chi connectivity index (χ0) is 15.2. The van der Waals surface area contributed by atoms with Crippen LogP contribution in [0.5, 0.6) is 0 Å². The highest BCUT2D eigenvalue weighted by molar-refractivity contribution is 5.93. The minimum atomic E-state index is 0.0659. The van der Waals surface area contributed by atoms with Crippen molar-refractivity contribution in [2.75, 3.05) is 26.0 Å². The van der Waals surface area contributed by atoms with E-state index in [-0.39, 0.29) is 11.8 Å². The number of carbonyl (C=O) groups is 1. The van der Waals surface area contributed by atoms with Gasteiger partial charge in [-0.1, -0.05) is 31.0 Å². The molecular weight excluding hydrogens is 262 g/mol. The molecule has 1 fully saturated rings. The van der Waals surface area contributed by atoms with Crippen molar-refractivity contribution in [3.8, 4) is 0 Å². The van der Waals surface area contributed by atoms with E-state index in [2.05, 4.69) is 16.3 Å². The lowest BCUT2D eigenvalue weighted by molar-refractivity contribution is -0.122. The SMILES string of the molecule is CN(C)Cc1ccccc1NC(=O)C1CCCCC1CN. The zero-order valence-corrected chi connectivity index (χ0v) is 13.1. The molecule has 1 aliphatic rings. The Labute approximate surface area is 127 Å². The van der Waals surface area contributed by atoms with Crippen LogP contribution in [0.3, 0.4) is 0 Å². The van der Waals surface area contributed by atoms with E-state index in [1.807, 2.05) is 32.3 Å². The minimum Gasteiger partial charge on any atom is -0.330 e. The number of nitrogens with one attached hydrogen (secondary N) is 1. The van der Waals surface area contributed by atoms with E-state index in [1.165, 1.54) is 6.42 Å². The van der Waals surface area contributed by atoms with Crippen LogP contribution in [0, 0.1) is 11.8 Å². The van der Waals surface area contributed by atoms with Crippen molar-refractivity contribution in [1.29, 1.82) is 0 Å². The lowest BCUT2D eigenvalue weighted by Gasteiger charge is -2.29. The first kappa shape index (κ1) is 16.0. The molecule has 1 saturated carbocycles. The fourth-order valence-corrected chi connectivity index (χ4v) is 3.18. The fraction of sp³-hybridized carbons (Fsp3) is 0.588. The Balaban J connectivity index is 2.08. The van der Waals surface area contributed by atoms with E-state index in [0.29, 0.717) is 12.5 Å². The van der Waals surface area contributed by atoms with Gasteiger partial charge in [0.15, 0.2) is 0 Å². The van der Waals surface area contributed by atoms with E-state index in [9.17, 15) is 4.79 Å². The number of hydrogen-bond donors (Lipinski definition) is 2. The molecule has 3 N–H and O–H groups in total. The molecule has 1 aliphatic carbocycles. The summed E-state index contributed by atoms with van der Waals surface area (Å²) in [5.41, 5.74) is 7.91. The van der Waals surface area contributed by atoms with Crippen LogP contribution in [0.2, 0.25) is 0 Å². The highest BCUT2D eigenvalue weighted by Crippen LogP contribution is 2.30. The van der Waals surface area contributed by atoms with Gasteiger partial charge in [-0.15, -0.1) is 0 Å². The number of benzene rings is 1. The van der Waals surface area contributed by atoms with E-state index < -0.39 is 0 Å². The Morgan fingerprint density at radius 3 is 2.71 bits per heavy atom. The summed E-state index contributed by atoms with van der Waals surface area (Å²) in [6.07, 6.45) is 4.37. The van der Waals surface area contributed by atoms with Gasteiger partial charge in [0.25, 0.3) is 0 Å².